The van der Waals surface area contributed by atoms with Gasteiger partial charge in [-0.3, -0.25) is 9.69 Å². The van der Waals surface area contributed by atoms with Crippen molar-refractivity contribution in [3.8, 4) is 0 Å². The third-order valence-corrected chi connectivity index (χ3v) is 2.84. The fourth-order valence-electron chi connectivity index (χ4n) is 1.80. The Balaban J connectivity index is 2.22. The summed E-state index contributed by atoms with van der Waals surface area (Å²) < 4.78 is 0. The van der Waals surface area contributed by atoms with Gasteiger partial charge in [-0.15, -0.1) is 0 Å². The summed E-state index contributed by atoms with van der Waals surface area (Å²) in [5.41, 5.74) is -0.599. The van der Waals surface area contributed by atoms with Crippen molar-refractivity contribution in [3.63, 3.8) is 0 Å². The summed E-state index contributed by atoms with van der Waals surface area (Å²) in [5, 5.41) is 12.5. The van der Waals surface area contributed by atoms with Gasteiger partial charge in [0.15, 0.2) is 0 Å². The molecule has 0 aromatic carbocycles. The maximum absolute atomic E-state index is 11.6. The van der Waals surface area contributed by atoms with Gasteiger partial charge >= 0.3 is 0 Å². The highest BCUT2D eigenvalue weighted by Gasteiger charge is 2.40. The topological polar surface area (TPSA) is 52.6 Å². The van der Waals surface area contributed by atoms with Gasteiger partial charge in [0, 0.05) is 19.6 Å². The Kier molecular flexibility index (Phi) is 4.11. The molecule has 1 amide bonds. The molecule has 1 saturated heterocycles. The van der Waals surface area contributed by atoms with E-state index in [1.54, 1.807) is 6.92 Å². The van der Waals surface area contributed by atoms with E-state index in [1.165, 1.54) is 0 Å². The smallest absolute Gasteiger partial charge is 0.237 e. The van der Waals surface area contributed by atoms with Gasteiger partial charge in [0.2, 0.25) is 5.91 Å². The van der Waals surface area contributed by atoms with E-state index in [-0.39, 0.29) is 11.9 Å². The summed E-state index contributed by atoms with van der Waals surface area (Å²) in [7, 11) is 0. The number of nitrogens with one attached hydrogen (secondary N) is 1. The van der Waals surface area contributed by atoms with E-state index in [9.17, 15) is 9.90 Å². The second kappa shape index (κ2) is 4.94. The third-order valence-electron chi connectivity index (χ3n) is 2.84. The Labute approximate surface area is 91.6 Å². The van der Waals surface area contributed by atoms with Gasteiger partial charge in [0.25, 0.3) is 0 Å². The van der Waals surface area contributed by atoms with Crippen LogP contribution in [0.2, 0.25) is 0 Å². The number of carbonyl (C=O) groups is 1. The molecule has 1 atom stereocenters. The van der Waals surface area contributed by atoms with Crippen LogP contribution in [-0.4, -0.2) is 47.2 Å². The van der Waals surface area contributed by atoms with Gasteiger partial charge in [-0.05, 0) is 20.3 Å². The quantitative estimate of drug-likeness (QED) is 0.650. The zero-order chi connectivity index (χ0) is 11.5. The van der Waals surface area contributed by atoms with Crippen molar-refractivity contribution in [3.05, 3.63) is 0 Å². The third kappa shape index (κ3) is 3.47. The van der Waals surface area contributed by atoms with Crippen LogP contribution in [0.15, 0.2) is 0 Å². The summed E-state index contributed by atoms with van der Waals surface area (Å²) in [6, 6.07) is -0.123. The molecule has 1 rings (SSSR count). The first kappa shape index (κ1) is 12.5. The highest BCUT2D eigenvalue weighted by Crippen LogP contribution is 2.22. The predicted molar refractivity (Wildman–Crippen MR) is 59.6 cm³/mol. The molecular formula is C11H22N2O2. The Bertz CT molecular complexity index is 221. The van der Waals surface area contributed by atoms with Gasteiger partial charge in [0.05, 0.1) is 11.6 Å². The van der Waals surface area contributed by atoms with Gasteiger partial charge in [-0.1, -0.05) is 13.3 Å². The number of likely N-dealkylation sites (tertiary alicyclic amines) is 1. The number of hydrogen-bond acceptors (Lipinski definition) is 3. The molecule has 0 radical (unpaired) electrons. The molecule has 4 heteroatoms. The van der Waals surface area contributed by atoms with Crippen LogP contribution in [0.4, 0.5) is 0 Å². The molecule has 1 fully saturated rings. The monoisotopic (exact) mass is 214 g/mol. The number of nitrogens with zero attached hydrogens (tertiary/aromatic N) is 1. The first-order chi connectivity index (χ1) is 6.96. The van der Waals surface area contributed by atoms with E-state index in [0.29, 0.717) is 13.1 Å². The largest absolute Gasteiger partial charge is 0.388 e. The molecule has 4 nitrogen and oxygen atoms in total. The minimum absolute atomic E-state index is 0.0685. The van der Waals surface area contributed by atoms with Crippen LogP contribution in [0, 0.1) is 0 Å². The zero-order valence-corrected chi connectivity index (χ0v) is 9.92. The van der Waals surface area contributed by atoms with Crippen LogP contribution >= 0.6 is 0 Å². The average molecular weight is 214 g/mol. The van der Waals surface area contributed by atoms with Crippen molar-refractivity contribution in [2.24, 2.45) is 0 Å². The lowest BCUT2D eigenvalue weighted by atomic mass is 9.95. The van der Waals surface area contributed by atoms with Crippen molar-refractivity contribution in [1.82, 2.24) is 10.2 Å². The van der Waals surface area contributed by atoms with Crippen molar-refractivity contribution < 1.29 is 9.90 Å². The number of amides is 1. The van der Waals surface area contributed by atoms with Crippen molar-refractivity contribution >= 4 is 5.91 Å². The highest BCUT2D eigenvalue weighted by molar-refractivity contribution is 5.81. The molecule has 0 saturated carbocycles. The first-order valence-electron chi connectivity index (χ1n) is 5.70. The molecule has 1 heterocycles. The molecule has 1 unspecified atom stereocenters. The van der Waals surface area contributed by atoms with Gasteiger partial charge in [0.1, 0.15) is 0 Å². The predicted octanol–water partition coefficient (Wildman–Crippen LogP) is 0.358. The van der Waals surface area contributed by atoms with Crippen molar-refractivity contribution in [2.75, 3.05) is 19.6 Å². The molecule has 88 valence electrons. The second-order valence-corrected chi connectivity index (χ2v) is 4.72. The number of rotatable bonds is 5. The molecule has 0 aliphatic carbocycles. The first-order valence-corrected chi connectivity index (χ1v) is 5.70. The van der Waals surface area contributed by atoms with E-state index in [0.717, 1.165) is 19.4 Å². The summed E-state index contributed by atoms with van der Waals surface area (Å²) in [4.78, 5) is 13.6. The second-order valence-electron chi connectivity index (χ2n) is 4.72. The maximum Gasteiger partial charge on any atom is 0.237 e. The standard InChI is InChI=1S/C11H22N2O2/c1-4-5-6-12-10(14)9(2)13-7-11(3,15)8-13/h9,15H,4-8H2,1-3H3,(H,12,14). The van der Waals surface area contributed by atoms with Gasteiger partial charge < -0.3 is 10.4 Å². The minimum atomic E-state index is -0.599. The van der Waals surface area contributed by atoms with Gasteiger partial charge in [-0.25, -0.2) is 0 Å². The van der Waals surface area contributed by atoms with E-state index in [2.05, 4.69) is 12.2 Å². The molecule has 1 aliphatic heterocycles. The SMILES string of the molecule is CCCCNC(=O)C(C)N1CC(C)(O)C1. The van der Waals surface area contributed by atoms with E-state index in [4.69, 9.17) is 0 Å². The Hall–Kier alpha value is -0.610. The van der Waals surface area contributed by atoms with Crippen molar-refractivity contribution in [1.29, 1.82) is 0 Å². The lowest BCUT2D eigenvalue weighted by molar-refractivity contribution is -0.138. The number of unbranched alkanes of at least 4 members (excludes halogenated alkanes) is 1. The van der Waals surface area contributed by atoms with E-state index >= 15 is 0 Å². The molecule has 1 aliphatic rings. The summed E-state index contributed by atoms with van der Waals surface area (Å²) in [6.07, 6.45) is 2.11. The van der Waals surface area contributed by atoms with Crippen LogP contribution < -0.4 is 5.32 Å². The lowest BCUT2D eigenvalue weighted by Crippen LogP contribution is -2.65. The molecule has 15 heavy (non-hydrogen) atoms. The maximum atomic E-state index is 11.6. The number of β-amino-alcohol motifs (C(OH)–C–C–N with tert-alkyl or cyclic N) is 1. The summed E-state index contributed by atoms with van der Waals surface area (Å²) in [5.74, 6) is 0.0685. The van der Waals surface area contributed by atoms with Crippen LogP contribution in [-0.2, 0) is 4.79 Å². The number of carbonyl (C=O) groups excluding carboxylic acids is 1. The molecule has 0 aromatic heterocycles. The summed E-state index contributed by atoms with van der Waals surface area (Å²) >= 11 is 0. The fraction of sp³-hybridized carbons (Fsp3) is 0.909. The lowest BCUT2D eigenvalue weighted by Gasteiger charge is -2.46. The molecule has 0 aromatic rings. The van der Waals surface area contributed by atoms with E-state index < -0.39 is 5.60 Å². The Morgan fingerprint density at radius 3 is 2.67 bits per heavy atom. The average Bonchev–Trinajstić information content (AvgIpc) is 2.13. The number of aliphatic hydroxyl groups is 1. The van der Waals surface area contributed by atoms with E-state index in [1.807, 2.05) is 11.8 Å². The highest BCUT2D eigenvalue weighted by atomic mass is 16.3. The normalized spacial score (nSPS) is 21.9. The fourth-order valence-corrected chi connectivity index (χ4v) is 1.80. The van der Waals surface area contributed by atoms with Crippen LogP contribution in [0.25, 0.3) is 0 Å². The minimum Gasteiger partial charge on any atom is -0.388 e. The Morgan fingerprint density at radius 2 is 2.20 bits per heavy atom. The van der Waals surface area contributed by atoms with Crippen LogP contribution in [0.3, 0.4) is 0 Å². The molecule has 0 bridgehead atoms. The Morgan fingerprint density at radius 1 is 1.60 bits per heavy atom. The number of hydrogen-bond donors (Lipinski definition) is 2. The zero-order valence-electron chi connectivity index (χ0n) is 9.92. The molecule has 0 spiro atoms. The van der Waals surface area contributed by atoms with Gasteiger partial charge in [-0.2, -0.15) is 0 Å². The summed E-state index contributed by atoms with van der Waals surface area (Å²) in [6.45, 7) is 7.72. The van der Waals surface area contributed by atoms with Crippen LogP contribution in [0.5, 0.6) is 0 Å². The van der Waals surface area contributed by atoms with Crippen molar-refractivity contribution in [2.45, 2.75) is 45.3 Å². The molecule has 2 N–H and O–H groups in total. The molecular weight excluding hydrogens is 192 g/mol. The van der Waals surface area contributed by atoms with Crippen LogP contribution in [0.1, 0.15) is 33.6 Å².